The first kappa shape index (κ1) is 24.9. The summed E-state index contributed by atoms with van der Waals surface area (Å²) in [6, 6.07) is 22.0. The highest BCUT2D eigenvalue weighted by atomic mass is 32.1. The summed E-state index contributed by atoms with van der Waals surface area (Å²) in [5, 5.41) is 6.28. The number of aryl methyl sites for hydroxylation is 1. The minimum Gasteiger partial charge on any atom is -0.495 e. The molecule has 1 aromatic heterocycles. The van der Waals surface area contributed by atoms with E-state index in [1.807, 2.05) is 55.5 Å². The van der Waals surface area contributed by atoms with Crippen molar-refractivity contribution in [3.05, 3.63) is 95.7 Å². The Kier molecular flexibility index (Phi) is 6.76. The number of nitrogens with one attached hydrogen (secondary N) is 2. The number of ether oxygens (including phenoxy) is 1. The molecule has 1 fully saturated rings. The number of amides is 3. The first-order valence-electron chi connectivity index (χ1n) is 11.8. The van der Waals surface area contributed by atoms with Gasteiger partial charge in [-0.15, -0.1) is 0 Å². The number of anilines is 2. The lowest BCUT2D eigenvalue weighted by Crippen LogP contribution is -2.54. The molecule has 0 bridgehead atoms. The van der Waals surface area contributed by atoms with Crippen molar-refractivity contribution in [2.24, 2.45) is 0 Å². The molecule has 0 atom stereocenters. The standard InChI is InChI=1S/C29H24N4O4S/c1-18-8-7-9-20(14-18)30-26(34)17-32-16-19(21-10-3-4-11-23(21)32)15-22-27(35)31-29(38)33(28(22)36)24-12-5-6-13-25(24)37-2/h3-16H,17H2,1-2H3,(H,30,34)(H,31,35,38)/b22-15+. The summed E-state index contributed by atoms with van der Waals surface area (Å²) < 4.78 is 7.19. The van der Waals surface area contributed by atoms with Crippen LogP contribution in [-0.2, 0) is 20.9 Å². The molecular formula is C29H24N4O4S. The summed E-state index contributed by atoms with van der Waals surface area (Å²) in [6.45, 7) is 2.01. The van der Waals surface area contributed by atoms with Gasteiger partial charge in [-0.1, -0.05) is 42.5 Å². The molecule has 8 nitrogen and oxygen atoms in total. The highest BCUT2D eigenvalue weighted by Crippen LogP contribution is 2.32. The van der Waals surface area contributed by atoms with E-state index < -0.39 is 11.8 Å². The quantitative estimate of drug-likeness (QED) is 0.221. The molecule has 3 aromatic carbocycles. The Balaban J connectivity index is 1.50. The van der Waals surface area contributed by atoms with Crippen LogP contribution >= 0.6 is 12.2 Å². The number of hydrogen-bond donors (Lipinski definition) is 2. The van der Waals surface area contributed by atoms with Gasteiger partial charge in [0.15, 0.2) is 5.11 Å². The van der Waals surface area contributed by atoms with Gasteiger partial charge in [-0.25, -0.2) is 4.90 Å². The van der Waals surface area contributed by atoms with Gasteiger partial charge in [0.05, 0.1) is 12.8 Å². The Hall–Kier alpha value is -4.76. The number of carbonyl (C=O) groups excluding carboxylic acids is 3. The number of hydrogen-bond acceptors (Lipinski definition) is 5. The maximum atomic E-state index is 13.6. The number of benzene rings is 3. The summed E-state index contributed by atoms with van der Waals surface area (Å²) >= 11 is 5.32. The minimum atomic E-state index is -0.597. The Bertz CT molecular complexity index is 1640. The zero-order chi connectivity index (χ0) is 26.8. The molecule has 5 rings (SSSR count). The van der Waals surface area contributed by atoms with E-state index in [2.05, 4.69) is 10.6 Å². The molecule has 1 aliphatic heterocycles. The third-order valence-corrected chi connectivity index (χ3v) is 6.45. The summed E-state index contributed by atoms with van der Waals surface area (Å²) in [7, 11) is 1.50. The van der Waals surface area contributed by atoms with Crippen LogP contribution in [-0.4, -0.2) is 34.5 Å². The summed E-state index contributed by atoms with van der Waals surface area (Å²) in [4.78, 5) is 40.5. The maximum absolute atomic E-state index is 13.6. The van der Waals surface area contributed by atoms with E-state index in [1.165, 1.54) is 18.1 Å². The average Bonchev–Trinajstić information content (AvgIpc) is 3.23. The summed E-state index contributed by atoms with van der Waals surface area (Å²) in [6.07, 6.45) is 3.29. The van der Waals surface area contributed by atoms with Gasteiger partial charge >= 0.3 is 0 Å². The molecule has 38 heavy (non-hydrogen) atoms. The molecule has 4 aromatic rings. The Morgan fingerprint density at radius 3 is 2.61 bits per heavy atom. The van der Waals surface area contributed by atoms with Crippen LogP contribution in [0.25, 0.3) is 17.0 Å². The van der Waals surface area contributed by atoms with Gasteiger partial charge in [0.1, 0.15) is 17.9 Å². The van der Waals surface area contributed by atoms with Crippen LogP contribution in [0.3, 0.4) is 0 Å². The molecule has 2 heterocycles. The molecule has 9 heteroatoms. The van der Waals surface area contributed by atoms with Crippen LogP contribution in [0.2, 0.25) is 0 Å². The predicted octanol–water partition coefficient (Wildman–Crippen LogP) is 4.43. The number of aromatic nitrogens is 1. The molecule has 0 radical (unpaired) electrons. The van der Waals surface area contributed by atoms with Gasteiger partial charge in [0.25, 0.3) is 11.8 Å². The monoisotopic (exact) mass is 524 g/mol. The highest BCUT2D eigenvalue weighted by molar-refractivity contribution is 7.80. The SMILES string of the molecule is COc1ccccc1N1C(=O)/C(=C/c2cn(CC(=O)Nc3cccc(C)c3)c3ccccc23)C(=O)NC1=S. The van der Waals surface area contributed by atoms with Crippen molar-refractivity contribution in [2.45, 2.75) is 13.5 Å². The Morgan fingerprint density at radius 2 is 1.82 bits per heavy atom. The lowest BCUT2D eigenvalue weighted by molar-refractivity contribution is -0.122. The molecule has 1 saturated heterocycles. The Morgan fingerprint density at radius 1 is 1.05 bits per heavy atom. The molecule has 0 spiro atoms. The van der Waals surface area contributed by atoms with Crippen LogP contribution in [0.1, 0.15) is 11.1 Å². The molecule has 1 aliphatic rings. The van der Waals surface area contributed by atoms with Crippen molar-refractivity contribution in [1.82, 2.24) is 9.88 Å². The van der Waals surface area contributed by atoms with Crippen molar-refractivity contribution in [2.75, 3.05) is 17.3 Å². The lowest BCUT2D eigenvalue weighted by atomic mass is 10.1. The third kappa shape index (κ3) is 4.79. The van der Waals surface area contributed by atoms with Crippen LogP contribution < -0.4 is 20.3 Å². The number of carbonyl (C=O) groups is 3. The van der Waals surface area contributed by atoms with Crippen molar-refractivity contribution >= 4 is 63.4 Å². The number of methoxy groups -OCH3 is 1. The summed E-state index contributed by atoms with van der Waals surface area (Å²) in [5.41, 5.74) is 3.50. The van der Waals surface area contributed by atoms with Crippen LogP contribution in [0, 0.1) is 6.92 Å². The molecule has 190 valence electrons. The smallest absolute Gasteiger partial charge is 0.270 e. The van der Waals surface area contributed by atoms with E-state index >= 15 is 0 Å². The number of rotatable bonds is 6. The average molecular weight is 525 g/mol. The van der Waals surface area contributed by atoms with Gasteiger partial charge in [-0.05, 0) is 61.1 Å². The molecule has 0 unspecified atom stereocenters. The first-order valence-corrected chi connectivity index (χ1v) is 12.3. The Labute approximate surface area is 224 Å². The van der Waals surface area contributed by atoms with Crippen molar-refractivity contribution in [1.29, 1.82) is 0 Å². The van der Waals surface area contributed by atoms with Gasteiger partial charge in [0.2, 0.25) is 5.91 Å². The van der Waals surface area contributed by atoms with Crippen molar-refractivity contribution < 1.29 is 19.1 Å². The number of thiocarbonyl (C=S) groups is 1. The second-order valence-corrected chi connectivity index (χ2v) is 9.16. The normalized spacial score (nSPS) is 14.6. The van der Waals surface area contributed by atoms with Crippen molar-refractivity contribution in [3.8, 4) is 5.75 Å². The fourth-order valence-electron chi connectivity index (χ4n) is 4.45. The predicted molar refractivity (Wildman–Crippen MR) is 151 cm³/mol. The number of nitrogens with zero attached hydrogens (tertiary/aromatic N) is 2. The van der Waals surface area contributed by atoms with Gasteiger partial charge in [-0.2, -0.15) is 0 Å². The zero-order valence-corrected chi connectivity index (χ0v) is 21.5. The molecule has 2 N–H and O–H groups in total. The van der Waals surface area contributed by atoms with Gasteiger partial charge in [0, 0.05) is 28.4 Å². The molecule has 0 aliphatic carbocycles. The second-order valence-electron chi connectivity index (χ2n) is 8.78. The zero-order valence-electron chi connectivity index (χ0n) is 20.7. The van der Waals surface area contributed by atoms with Gasteiger partial charge in [-0.3, -0.25) is 19.7 Å². The van der Waals surface area contributed by atoms with E-state index in [9.17, 15) is 14.4 Å². The van der Waals surface area contributed by atoms with E-state index in [0.717, 1.165) is 16.5 Å². The number of fused-ring (bicyclic) bond motifs is 1. The largest absolute Gasteiger partial charge is 0.495 e. The lowest BCUT2D eigenvalue weighted by Gasteiger charge is -2.29. The maximum Gasteiger partial charge on any atom is 0.270 e. The van der Waals surface area contributed by atoms with Gasteiger partial charge < -0.3 is 14.6 Å². The van der Waals surface area contributed by atoms with E-state index in [4.69, 9.17) is 17.0 Å². The van der Waals surface area contributed by atoms with Crippen LogP contribution in [0.4, 0.5) is 11.4 Å². The van der Waals surface area contributed by atoms with Crippen LogP contribution in [0.5, 0.6) is 5.75 Å². The van der Waals surface area contributed by atoms with E-state index in [1.54, 1.807) is 35.0 Å². The van der Waals surface area contributed by atoms with E-state index in [-0.39, 0.29) is 23.1 Å². The van der Waals surface area contributed by atoms with Crippen molar-refractivity contribution in [3.63, 3.8) is 0 Å². The third-order valence-electron chi connectivity index (χ3n) is 6.16. The number of para-hydroxylation sites is 3. The first-order chi connectivity index (χ1) is 18.4. The van der Waals surface area contributed by atoms with E-state index in [0.29, 0.717) is 22.7 Å². The molecule has 3 amide bonds. The molecular weight excluding hydrogens is 500 g/mol. The topological polar surface area (TPSA) is 92.7 Å². The molecule has 0 saturated carbocycles. The minimum absolute atomic E-state index is 0.0307. The fraction of sp³-hybridized carbons (Fsp3) is 0.103. The fourth-order valence-corrected chi connectivity index (χ4v) is 4.72. The second kappa shape index (κ2) is 10.3. The summed E-state index contributed by atoms with van der Waals surface area (Å²) in [5.74, 6) is -0.929. The highest BCUT2D eigenvalue weighted by Gasteiger charge is 2.36. The van der Waals surface area contributed by atoms with Crippen LogP contribution in [0.15, 0.2) is 84.6 Å².